The molecule has 0 unspecified atom stereocenters. The van der Waals surface area contributed by atoms with Crippen LogP contribution in [0.3, 0.4) is 0 Å². The molecule has 1 heterocycles. The second-order valence-corrected chi connectivity index (χ2v) is 6.83. The fraction of sp³-hybridized carbons (Fsp3) is 0.429. The summed E-state index contributed by atoms with van der Waals surface area (Å²) in [4.78, 5) is 25.2. The molecule has 1 aromatic carbocycles. The number of nitrogens with two attached hydrogens (primary N) is 1. The molecule has 0 radical (unpaired) electrons. The first kappa shape index (κ1) is 17.4. The van der Waals surface area contributed by atoms with Crippen LogP contribution < -0.4 is 5.14 Å². The average molecular weight is 344 g/mol. The number of hydrogen-bond acceptors (Lipinski definition) is 5. The maximum absolute atomic E-state index is 13.7. The van der Waals surface area contributed by atoms with Crippen molar-refractivity contribution in [3.05, 3.63) is 29.6 Å². The molecule has 0 spiro atoms. The lowest BCUT2D eigenvalue weighted by Crippen LogP contribution is -2.38. The zero-order valence-corrected chi connectivity index (χ0v) is 13.3. The number of carbonyl (C=O) groups excluding carboxylic acids is 2. The Bertz CT molecular complexity index is 729. The lowest BCUT2D eigenvalue weighted by atomic mass is 10.2. The highest BCUT2D eigenvalue weighted by molar-refractivity contribution is 7.89. The van der Waals surface area contributed by atoms with Crippen molar-refractivity contribution in [3.8, 4) is 0 Å². The van der Waals surface area contributed by atoms with Crippen LogP contribution in [0.15, 0.2) is 23.1 Å². The molecule has 0 aromatic heterocycles. The maximum Gasteiger partial charge on any atom is 0.341 e. The summed E-state index contributed by atoms with van der Waals surface area (Å²) in [5.41, 5.74) is -0.586. The van der Waals surface area contributed by atoms with Crippen LogP contribution in [-0.2, 0) is 19.6 Å². The highest BCUT2D eigenvalue weighted by Crippen LogP contribution is 2.17. The van der Waals surface area contributed by atoms with Crippen molar-refractivity contribution in [3.63, 3.8) is 0 Å². The molecule has 1 aromatic rings. The third-order valence-corrected chi connectivity index (χ3v) is 4.45. The third-order valence-electron chi connectivity index (χ3n) is 3.54. The van der Waals surface area contributed by atoms with Crippen LogP contribution in [-0.4, -0.2) is 44.4 Å². The molecule has 0 saturated carbocycles. The van der Waals surface area contributed by atoms with E-state index in [2.05, 4.69) is 0 Å². The molecule has 1 saturated heterocycles. The van der Waals surface area contributed by atoms with Crippen LogP contribution in [0.2, 0.25) is 0 Å². The topological polar surface area (TPSA) is 107 Å². The number of sulfonamides is 1. The lowest BCUT2D eigenvalue weighted by Gasteiger charge is -2.20. The molecule has 2 N–H and O–H groups in total. The molecule has 7 nitrogen and oxygen atoms in total. The quantitative estimate of drug-likeness (QED) is 0.807. The third kappa shape index (κ3) is 4.05. The highest BCUT2D eigenvalue weighted by Gasteiger charge is 2.27. The minimum Gasteiger partial charge on any atom is -0.449 e. The first-order valence-corrected chi connectivity index (χ1v) is 8.57. The van der Waals surface area contributed by atoms with Crippen LogP contribution in [0.4, 0.5) is 4.39 Å². The Kier molecular flexibility index (Phi) is 5.00. The van der Waals surface area contributed by atoms with Crippen molar-refractivity contribution in [2.24, 2.45) is 5.14 Å². The van der Waals surface area contributed by atoms with Gasteiger partial charge in [0, 0.05) is 13.1 Å². The molecular formula is C14H17FN2O5S. The summed E-state index contributed by atoms with van der Waals surface area (Å²) in [6.45, 7) is 2.58. The van der Waals surface area contributed by atoms with Gasteiger partial charge in [-0.15, -0.1) is 0 Å². The molecule has 126 valence electrons. The normalized spacial score (nSPS) is 16.2. The van der Waals surface area contributed by atoms with Gasteiger partial charge < -0.3 is 9.64 Å². The summed E-state index contributed by atoms with van der Waals surface area (Å²) in [6, 6.07) is 2.55. The van der Waals surface area contributed by atoms with Gasteiger partial charge in [-0.25, -0.2) is 22.7 Å². The van der Waals surface area contributed by atoms with Crippen LogP contribution in [0.5, 0.6) is 0 Å². The standard InChI is InChI=1S/C14H17FN2O5S/c1-9(13(18)17-6-2-3-7-17)22-14(19)11-8-10(23(16,20)21)4-5-12(11)15/h4-5,8-9H,2-3,6-7H2,1H3,(H2,16,20,21)/t9-/m0/s1. The van der Waals surface area contributed by atoms with E-state index in [1.807, 2.05) is 0 Å². The fourth-order valence-electron chi connectivity index (χ4n) is 2.31. The molecule has 1 atom stereocenters. The molecule has 0 bridgehead atoms. The molecular weight excluding hydrogens is 327 g/mol. The van der Waals surface area contributed by atoms with Crippen molar-refractivity contribution in [2.45, 2.75) is 30.8 Å². The summed E-state index contributed by atoms with van der Waals surface area (Å²) >= 11 is 0. The summed E-state index contributed by atoms with van der Waals surface area (Å²) in [6.07, 6.45) is 0.688. The first-order chi connectivity index (χ1) is 10.7. The number of hydrogen-bond donors (Lipinski definition) is 1. The number of esters is 1. The van der Waals surface area contributed by atoms with Crippen LogP contribution >= 0.6 is 0 Å². The number of primary sulfonamides is 1. The van der Waals surface area contributed by atoms with Gasteiger partial charge in [0.15, 0.2) is 6.10 Å². The molecule has 9 heteroatoms. The van der Waals surface area contributed by atoms with Gasteiger partial charge >= 0.3 is 5.97 Å². The monoisotopic (exact) mass is 344 g/mol. The Morgan fingerprint density at radius 1 is 1.30 bits per heavy atom. The van der Waals surface area contributed by atoms with E-state index in [9.17, 15) is 22.4 Å². The predicted octanol–water partition coefficient (Wildman–Crippen LogP) is 0.641. The van der Waals surface area contributed by atoms with Crippen LogP contribution in [0.1, 0.15) is 30.1 Å². The van der Waals surface area contributed by atoms with E-state index in [0.29, 0.717) is 13.1 Å². The second kappa shape index (κ2) is 6.63. The van der Waals surface area contributed by atoms with Gasteiger partial charge in [-0.05, 0) is 38.0 Å². The van der Waals surface area contributed by atoms with Gasteiger partial charge in [0.1, 0.15) is 5.82 Å². The number of ether oxygens (including phenoxy) is 1. The number of amides is 1. The maximum atomic E-state index is 13.7. The van der Waals surface area contributed by atoms with Crippen molar-refractivity contribution < 1.29 is 27.1 Å². The summed E-state index contributed by atoms with van der Waals surface area (Å²) in [7, 11) is -4.08. The molecule has 1 aliphatic rings. The van der Waals surface area contributed by atoms with Gasteiger partial charge in [-0.3, -0.25) is 4.79 Å². The largest absolute Gasteiger partial charge is 0.449 e. The molecule has 0 aliphatic carbocycles. The number of rotatable bonds is 4. The summed E-state index contributed by atoms with van der Waals surface area (Å²) < 4.78 is 41.2. The smallest absolute Gasteiger partial charge is 0.341 e. The van der Waals surface area contributed by atoms with Crippen LogP contribution in [0, 0.1) is 5.82 Å². The van der Waals surface area contributed by atoms with E-state index in [0.717, 1.165) is 31.0 Å². The zero-order chi connectivity index (χ0) is 17.2. The van der Waals surface area contributed by atoms with E-state index >= 15 is 0 Å². The summed E-state index contributed by atoms with van der Waals surface area (Å²) in [5, 5.41) is 4.94. The van der Waals surface area contributed by atoms with Gasteiger partial charge in [0.05, 0.1) is 10.5 Å². The van der Waals surface area contributed by atoms with Crippen molar-refractivity contribution in [1.82, 2.24) is 4.90 Å². The molecule has 1 aliphatic heterocycles. The second-order valence-electron chi connectivity index (χ2n) is 5.27. The number of nitrogens with zero attached hydrogens (tertiary/aromatic N) is 1. The Morgan fingerprint density at radius 3 is 2.48 bits per heavy atom. The molecule has 1 fully saturated rings. The Morgan fingerprint density at radius 2 is 1.91 bits per heavy atom. The Hall–Kier alpha value is -2.00. The lowest BCUT2D eigenvalue weighted by molar-refractivity contribution is -0.138. The van der Waals surface area contributed by atoms with E-state index in [4.69, 9.17) is 9.88 Å². The Labute approximate surface area is 133 Å². The number of carbonyl (C=O) groups is 2. The number of benzene rings is 1. The fourth-order valence-corrected chi connectivity index (χ4v) is 2.85. The van der Waals surface area contributed by atoms with Crippen molar-refractivity contribution in [2.75, 3.05) is 13.1 Å². The predicted molar refractivity (Wildman–Crippen MR) is 78.5 cm³/mol. The Balaban J connectivity index is 2.15. The van der Waals surface area contributed by atoms with Crippen molar-refractivity contribution in [1.29, 1.82) is 0 Å². The number of halogens is 1. The average Bonchev–Trinajstić information content (AvgIpc) is 2.99. The van der Waals surface area contributed by atoms with Gasteiger partial charge in [-0.1, -0.05) is 0 Å². The van der Waals surface area contributed by atoms with Gasteiger partial charge in [-0.2, -0.15) is 0 Å². The highest BCUT2D eigenvalue weighted by atomic mass is 32.2. The minimum atomic E-state index is -4.08. The minimum absolute atomic E-state index is 0.362. The van der Waals surface area contributed by atoms with E-state index < -0.39 is 38.4 Å². The van der Waals surface area contributed by atoms with E-state index in [1.165, 1.54) is 6.92 Å². The van der Waals surface area contributed by atoms with Gasteiger partial charge in [0.25, 0.3) is 5.91 Å². The molecule has 1 amide bonds. The summed E-state index contributed by atoms with van der Waals surface area (Å²) in [5.74, 6) is -2.44. The molecule has 23 heavy (non-hydrogen) atoms. The molecule has 2 rings (SSSR count). The number of likely N-dealkylation sites (tertiary alicyclic amines) is 1. The van der Waals surface area contributed by atoms with E-state index in [-0.39, 0.29) is 5.91 Å². The first-order valence-electron chi connectivity index (χ1n) is 7.02. The van der Waals surface area contributed by atoms with E-state index in [1.54, 1.807) is 4.90 Å². The van der Waals surface area contributed by atoms with Gasteiger partial charge in [0.2, 0.25) is 10.0 Å². The van der Waals surface area contributed by atoms with Crippen molar-refractivity contribution >= 4 is 21.9 Å². The van der Waals surface area contributed by atoms with Crippen LogP contribution in [0.25, 0.3) is 0 Å². The zero-order valence-electron chi connectivity index (χ0n) is 12.5. The SMILES string of the molecule is C[C@H](OC(=O)c1cc(S(N)(=O)=O)ccc1F)C(=O)N1CCCC1.